The van der Waals surface area contributed by atoms with Gasteiger partial charge in [0, 0.05) is 12.1 Å². The molecule has 0 unspecified atom stereocenters. The number of rotatable bonds is 3. The van der Waals surface area contributed by atoms with Gasteiger partial charge in [-0.3, -0.25) is 4.79 Å². The number of halogens is 2. The van der Waals surface area contributed by atoms with Gasteiger partial charge in [0.05, 0.1) is 0 Å². The molecule has 0 spiro atoms. The summed E-state index contributed by atoms with van der Waals surface area (Å²) < 4.78 is 5.22. The van der Waals surface area contributed by atoms with Crippen LogP contribution >= 0.6 is 27.5 Å². The minimum Gasteiger partial charge on any atom is -0.363 e. The monoisotopic (exact) mass is 252 g/mol. The quantitative estimate of drug-likeness (QED) is 0.826. The third-order valence-corrected chi connectivity index (χ3v) is 2.09. The van der Waals surface area contributed by atoms with Crippen molar-refractivity contribution in [2.75, 3.05) is 5.88 Å². The zero-order chi connectivity index (χ0) is 8.97. The molecule has 0 atom stereocenters. The zero-order valence-corrected chi connectivity index (χ0v) is 8.35. The molecule has 1 aromatic heterocycles. The molecule has 66 valence electrons. The lowest BCUT2D eigenvalue weighted by molar-refractivity contribution is -0.118. The number of hydrogen-bond donors (Lipinski definition) is 1. The van der Waals surface area contributed by atoms with E-state index in [1.165, 1.54) is 6.26 Å². The Labute approximate surface area is 82.4 Å². The standard InChI is InChI=1S/C6H6BrClN2O2/c7-6-4(3-12-10-6)2-9-5(11)1-8/h3H,1-2H2,(H,9,11). The van der Waals surface area contributed by atoms with Gasteiger partial charge in [0.25, 0.3) is 0 Å². The van der Waals surface area contributed by atoms with Crippen LogP contribution in [0.4, 0.5) is 0 Å². The van der Waals surface area contributed by atoms with Crippen LogP contribution in [0.15, 0.2) is 15.4 Å². The molecule has 0 saturated carbocycles. The lowest BCUT2D eigenvalue weighted by Crippen LogP contribution is -2.23. The van der Waals surface area contributed by atoms with Crippen LogP contribution in [0.25, 0.3) is 0 Å². The molecular formula is C6H6BrClN2O2. The van der Waals surface area contributed by atoms with Crippen molar-refractivity contribution in [2.45, 2.75) is 6.54 Å². The van der Waals surface area contributed by atoms with Crippen molar-refractivity contribution in [1.82, 2.24) is 10.5 Å². The number of nitrogens with one attached hydrogen (secondary N) is 1. The smallest absolute Gasteiger partial charge is 0.235 e. The third kappa shape index (κ3) is 2.49. The maximum absolute atomic E-state index is 10.7. The zero-order valence-electron chi connectivity index (χ0n) is 6.01. The third-order valence-electron chi connectivity index (χ3n) is 1.19. The molecule has 0 fully saturated rings. The van der Waals surface area contributed by atoms with Gasteiger partial charge in [-0.2, -0.15) is 0 Å². The molecule has 0 saturated heterocycles. The molecule has 0 aliphatic heterocycles. The van der Waals surface area contributed by atoms with Crippen LogP contribution in [0.3, 0.4) is 0 Å². The van der Waals surface area contributed by atoms with Crippen molar-refractivity contribution in [3.8, 4) is 0 Å². The minimum atomic E-state index is -0.218. The molecule has 1 rings (SSSR count). The molecule has 0 aliphatic rings. The Balaban J connectivity index is 2.43. The Hall–Kier alpha value is -0.550. The van der Waals surface area contributed by atoms with E-state index in [0.717, 1.165) is 5.56 Å². The number of alkyl halides is 1. The van der Waals surface area contributed by atoms with Crippen LogP contribution in [0.2, 0.25) is 0 Å². The van der Waals surface area contributed by atoms with Crippen molar-refractivity contribution >= 4 is 33.4 Å². The van der Waals surface area contributed by atoms with Gasteiger partial charge < -0.3 is 9.84 Å². The topological polar surface area (TPSA) is 55.1 Å². The fourth-order valence-corrected chi connectivity index (χ4v) is 1.01. The van der Waals surface area contributed by atoms with Crippen LogP contribution in [-0.4, -0.2) is 16.9 Å². The molecular weight excluding hydrogens is 247 g/mol. The van der Waals surface area contributed by atoms with E-state index in [2.05, 4.69) is 30.9 Å². The summed E-state index contributed by atoms with van der Waals surface area (Å²) in [6.07, 6.45) is 1.46. The van der Waals surface area contributed by atoms with Gasteiger partial charge in [-0.1, -0.05) is 5.16 Å². The van der Waals surface area contributed by atoms with Gasteiger partial charge in [-0.15, -0.1) is 11.6 Å². The average Bonchev–Trinajstić information content (AvgIpc) is 2.47. The fourth-order valence-electron chi connectivity index (χ4n) is 0.599. The predicted molar refractivity (Wildman–Crippen MR) is 46.8 cm³/mol. The number of carbonyl (C=O) groups is 1. The van der Waals surface area contributed by atoms with Crippen molar-refractivity contribution in [2.24, 2.45) is 0 Å². The summed E-state index contributed by atoms with van der Waals surface area (Å²) in [4.78, 5) is 10.7. The van der Waals surface area contributed by atoms with E-state index in [0.29, 0.717) is 11.1 Å². The Morgan fingerprint density at radius 1 is 1.83 bits per heavy atom. The van der Waals surface area contributed by atoms with E-state index in [9.17, 15) is 4.79 Å². The molecule has 1 N–H and O–H groups in total. The highest BCUT2D eigenvalue weighted by atomic mass is 79.9. The van der Waals surface area contributed by atoms with Crippen LogP contribution in [0.1, 0.15) is 5.56 Å². The molecule has 0 aliphatic carbocycles. The Morgan fingerprint density at radius 2 is 2.58 bits per heavy atom. The summed E-state index contributed by atoms with van der Waals surface area (Å²) in [6, 6.07) is 0. The summed E-state index contributed by atoms with van der Waals surface area (Å²) in [5.74, 6) is -0.257. The van der Waals surface area contributed by atoms with E-state index in [1.807, 2.05) is 0 Å². The van der Waals surface area contributed by atoms with Crippen molar-refractivity contribution in [1.29, 1.82) is 0 Å². The van der Waals surface area contributed by atoms with E-state index in [4.69, 9.17) is 11.6 Å². The lowest BCUT2D eigenvalue weighted by Gasteiger charge is -1.98. The summed E-state index contributed by atoms with van der Waals surface area (Å²) in [5, 5.41) is 6.15. The fraction of sp³-hybridized carbons (Fsp3) is 0.333. The minimum absolute atomic E-state index is 0.0388. The van der Waals surface area contributed by atoms with E-state index >= 15 is 0 Å². The van der Waals surface area contributed by atoms with E-state index < -0.39 is 0 Å². The molecule has 1 heterocycles. The molecule has 0 bridgehead atoms. The molecule has 12 heavy (non-hydrogen) atoms. The van der Waals surface area contributed by atoms with Crippen molar-refractivity contribution in [3.05, 3.63) is 16.4 Å². The SMILES string of the molecule is O=C(CCl)NCc1conc1Br. The second-order valence-corrected chi connectivity index (χ2v) is 3.06. The Bertz CT molecular complexity index is 276. The van der Waals surface area contributed by atoms with Gasteiger partial charge in [0.2, 0.25) is 5.91 Å². The number of aromatic nitrogens is 1. The van der Waals surface area contributed by atoms with E-state index in [1.54, 1.807) is 0 Å². The Morgan fingerprint density at radius 3 is 3.08 bits per heavy atom. The van der Waals surface area contributed by atoms with Gasteiger partial charge in [0.15, 0.2) is 4.60 Å². The van der Waals surface area contributed by atoms with Crippen LogP contribution in [0, 0.1) is 0 Å². The van der Waals surface area contributed by atoms with Crippen molar-refractivity contribution < 1.29 is 9.32 Å². The first-order valence-electron chi connectivity index (χ1n) is 3.15. The van der Waals surface area contributed by atoms with Gasteiger partial charge in [-0.05, 0) is 15.9 Å². The highest BCUT2D eigenvalue weighted by Gasteiger charge is 2.05. The molecule has 0 radical (unpaired) electrons. The first-order chi connectivity index (χ1) is 5.74. The first kappa shape index (κ1) is 9.54. The summed E-state index contributed by atoms with van der Waals surface area (Å²) in [7, 11) is 0. The molecule has 1 aromatic rings. The number of hydrogen-bond acceptors (Lipinski definition) is 3. The summed E-state index contributed by atoms with van der Waals surface area (Å²) >= 11 is 8.42. The lowest BCUT2D eigenvalue weighted by atomic mass is 10.4. The summed E-state index contributed by atoms with van der Waals surface area (Å²) in [6.45, 7) is 0.371. The van der Waals surface area contributed by atoms with Crippen LogP contribution < -0.4 is 5.32 Å². The molecule has 1 amide bonds. The highest BCUT2D eigenvalue weighted by Crippen LogP contribution is 2.12. The number of amides is 1. The van der Waals surface area contributed by atoms with Gasteiger partial charge >= 0.3 is 0 Å². The maximum Gasteiger partial charge on any atom is 0.235 e. The molecule has 6 heteroatoms. The number of nitrogens with zero attached hydrogens (tertiary/aromatic N) is 1. The number of carbonyl (C=O) groups excluding carboxylic acids is 1. The summed E-state index contributed by atoms with van der Waals surface area (Å²) in [5.41, 5.74) is 0.786. The average molecular weight is 253 g/mol. The second-order valence-electron chi connectivity index (χ2n) is 2.04. The van der Waals surface area contributed by atoms with Gasteiger partial charge in [0.1, 0.15) is 12.1 Å². The van der Waals surface area contributed by atoms with E-state index in [-0.39, 0.29) is 11.8 Å². The van der Waals surface area contributed by atoms with Gasteiger partial charge in [-0.25, -0.2) is 0 Å². The Kier molecular flexibility index (Phi) is 3.55. The second kappa shape index (κ2) is 4.47. The maximum atomic E-state index is 10.7. The highest BCUT2D eigenvalue weighted by molar-refractivity contribution is 9.10. The molecule has 0 aromatic carbocycles. The first-order valence-corrected chi connectivity index (χ1v) is 4.48. The van der Waals surface area contributed by atoms with Crippen LogP contribution in [-0.2, 0) is 11.3 Å². The predicted octanol–water partition coefficient (Wildman–Crippen LogP) is 1.29. The molecule has 4 nitrogen and oxygen atoms in total. The van der Waals surface area contributed by atoms with Crippen LogP contribution in [0.5, 0.6) is 0 Å². The van der Waals surface area contributed by atoms with Crippen molar-refractivity contribution in [3.63, 3.8) is 0 Å². The normalized spacial score (nSPS) is 9.83. The largest absolute Gasteiger partial charge is 0.363 e.